The molecule has 0 amide bonds. The quantitative estimate of drug-likeness (QED) is 0.889. The molecule has 0 saturated carbocycles. The van der Waals surface area contributed by atoms with Crippen molar-refractivity contribution in [2.45, 2.75) is 20.3 Å². The second kappa shape index (κ2) is 5.12. The molecule has 80 valence electrons. The van der Waals surface area contributed by atoms with Crippen LogP contribution in [-0.4, -0.2) is 9.97 Å². The van der Waals surface area contributed by atoms with Crippen molar-refractivity contribution in [2.75, 3.05) is 0 Å². The van der Waals surface area contributed by atoms with Gasteiger partial charge in [0.25, 0.3) is 0 Å². The van der Waals surface area contributed by atoms with Gasteiger partial charge in [-0.2, -0.15) is 0 Å². The highest BCUT2D eigenvalue weighted by Crippen LogP contribution is 2.15. The maximum absolute atomic E-state index is 4.23. The number of hydrogen-bond donors (Lipinski definition) is 1. The number of aromatic nitrogens is 2. The molecular weight excluding hydrogens is 252 g/mol. The first-order chi connectivity index (χ1) is 6.77. The minimum absolute atomic E-state index is 0. The molecular formula is C12H15BrN2. The molecule has 0 aliphatic heterocycles. The lowest BCUT2D eigenvalue weighted by molar-refractivity contribution is 1.08. The van der Waals surface area contributed by atoms with Crippen molar-refractivity contribution in [2.24, 2.45) is 0 Å². The Hall–Kier alpha value is -1.09. The van der Waals surface area contributed by atoms with Crippen molar-refractivity contribution < 1.29 is 0 Å². The van der Waals surface area contributed by atoms with Crippen molar-refractivity contribution in [1.82, 2.24) is 9.97 Å². The molecule has 0 aliphatic carbocycles. The lowest BCUT2D eigenvalue weighted by atomic mass is 10.0. The summed E-state index contributed by atoms with van der Waals surface area (Å²) < 4.78 is 0. The van der Waals surface area contributed by atoms with E-state index >= 15 is 0 Å². The summed E-state index contributed by atoms with van der Waals surface area (Å²) in [6.07, 6.45) is 4.58. The number of halogens is 1. The van der Waals surface area contributed by atoms with E-state index in [1.54, 1.807) is 6.33 Å². The molecule has 0 unspecified atom stereocenters. The number of nitrogens with zero attached hydrogens (tertiary/aromatic N) is 1. The maximum Gasteiger partial charge on any atom is 0.0923 e. The molecule has 0 aliphatic rings. The molecule has 0 fully saturated rings. The van der Waals surface area contributed by atoms with Gasteiger partial charge in [0, 0.05) is 12.6 Å². The van der Waals surface area contributed by atoms with Crippen molar-refractivity contribution in [3.05, 3.63) is 53.1 Å². The Bertz CT molecular complexity index is 421. The maximum atomic E-state index is 4.23. The van der Waals surface area contributed by atoms with Gasteiger partial charge in [-0.25, -0.2) is 4.98 Å². The van der Waals surface area contributed by atoms with E-state index in [9.17, 15) is 0 Å². The number of benzene rings is 1. The van der Waals surface area contributed by atoms with Crippen LogP contribution in [0.2, 0.25) is 0 Å². The second-order valence-electron chi connectivity index (χ2n) is 3.60. The van der Waals surface area contributed by atoms with Crippen LogP contribution in [0, 0.1) is 13.8 Å². The molecule has 0 saturated heterocycles. The van der Waals surface area contributed by atoms with E-state index in [1.165, 1.54) is 16.7 Å². The number of nitrogens with one attached hydrogen (secondary N) is 1. The van der Waals surface area contributed by atoms with Gasteiger partial charge < -0.3 is 4.98 Å². The molecule has 15 heavy (non-hydrogen) atoms. The lowest BCUT2D eigenvalue weighted by Gasteiger charge is -2.06. The van der Waals surface area contributed by atoms with Gasteiger partial charge in [0.2, 0.25) is 0 Å². The molecule has 1 aromatic heterocycles. The van der Waals surface area contributed by atoms with Crippen LogP contribution in [0.3, 0.4) is 0 Å². The average Bonchev–Trinajstić information content (AvgIpc) is 2.66. The van der Waals surface area contributed by atoms with Crippen LogP contribution < -0.4 is 0 Å². The third-order valence-electron chi connectivity index (χ3n) is 2.64. The summed E-state index contributed by atoms with van der Waals surface area (Å²) in [7, 11) is 0. The van der Waals surface area contributed by atoms with Gasteiger partial charge in [-0.05, 0) is 30.5 Å². The first kappa shape index (κ1) is 12.0. The normalized spacial score (nSPS) is 9.73. The van der Waals surface area contributed by atoms with Gasteiger partial charge in [0.05, 0.1) is 12.0 Å². The number of rotatable bonds is 2. The Labute approximate surface area is 101 Å². The fourth-order valence-electron chi connectivity index (χ4n) is 1.59. The fourth-order valence-corrected chi connectivity index (χ4v) is 1.59. The van der Waals surface area contributed by atoms with Crippen LogP contribution >= 0.6 is 17.0 Å². The van der Waals surface area contributed by atoms with E-state index in [4.69, 9.17) is 0 Å². The van der Waals surface area contributed by atoms with Crippen LogP contribution in [0.15, 0.2) is 30.7 Å². The zero-order chi connectivity index (χ0) is 9.97. The number of H-pyrrole nitrogens is 1. The SMILES string of the molecule is Br.Cc1cccc(Cc2c[nH]cn2)c1C. The third kappa shape index (κ3) is 2.69. The molecule has 0 atom stereocenters. The molecule has 2 aromatic rings. The van der Waals surface area contributed by atoms with E-state index in [-0.39, 0.29) is 17.0 Å². The lowest BCUT2D eigenvalue weighted by Crippen LogP contribution is -1.93. The molecule has 0 bridgehead atoms. The van der Waals surface area contributed by atoms with E-state index < -0.39 is 0 Å². The summed E-state index contributed by atoms with van der Waals surface area (Å²) in [5, 5.41) is 0. The minimum atomic E-state index is 0. The standard InChI is InChI=1S/C12H14N2.BrH/c1-9-4-3-5-11(10(9)2)6-12-7-13-8-14-12;/h3-5,7-8H,6H2,1-2H3,(H,13,14);1H. The molecule has 2 rings (SSSR count). The fraction of sp³-hybridized carbons (Fsp3) is 0.250. The van der Waals surface area contributed by atoms with Crippen molar-refractivity contribution in [1.29, 1.82) is 0 Å². The number of aryl methyl sites for hydroxylation is 1. The second-order valence-corrected chi connectivity index (χ2v) is 3.60. The Morgan fingerprint density at radius 3 is 2.73 bits per heavy atom. The highest BCUT2D eigenvalue weighted by Gasteiger charge is 2.02. The summed E-state index contributed by atoms with van der Waals surface area (Å²) >= 11 is 0. The van der Waals surface area contributed by atoms with Gasteiger partial charge in [0.15, 0.2) is 0 Å². The summed E-state index contributed by atoms with van der Waals surface area (Å²) in [5.74, 6) is 0. The van der Waals surface area contributed by atoms with Gasteiger partial charge in [-0.3, -0.25) is 0 Å². The zero-order valence-electron chi connectivity index (χ0n) is 8.95. The van der Waals surface area contributed by atoms with Crippen molar-refractivity contribution in [3.63, 3.8) is 0 Å². The van der Waals surface area contributed by atoms with Gasteiger partial charge in [-0.15, -0.1) is 17.0 Å². The number of aromatic amines is 1. The Morgan fingerprint density at radius 1 is 1.27 bits per heavy atom. The molecule has 2 nitrogen and oxygen atoms in total. The molecule has 1 heterocycles. The number of imidazole rings is 1. The van der Waals surface area contributed by atoms with E-state index in [0.717, 1.165) is 12.1 Å². The summed E-state index contributed by atoms with van der Waals surface area (Å²) in [6, 6.07) is 6.41. The first-order valence-corrected chi connectivity index (χ1v) is 4.80. The largest absolute Gasteiger partial charge is 0.351 e. The first-order valence-electron chi connectivity index (χ1n) is 4.80. The predicted molar refractivity (Wildman–Crippen MR) is 67.6 cm³/mol. The summed E-state index contributed by atoms with van der Waals surface area (Å²) in [6.45, 7) is 4.31. The molecule has 0 spiro atoms. The van der Waals surface area contributed by atoms with Gasteiger partial charge in [-0.1, -0.05) is 18.2 Å². The van der Waals surface area contributed by atoms with Crippen molar-refractivity contribution in [3.8, 4) is 0 Å². The minimum Gasteiger partial charge on any atom is -0.351 e. The van der Waals surface area contributed by atoms with Gasteiger partial charge in [0.1, 0.15) is 0 Å². The molecule has 1 N–H and O–H groups in total. The van der Waals surface area contributed by atoms with Gasteiger partial charge >= 0.3 is 0 Å². The van der Waals surface area contributed by atoms with Crippen LogP contribution in [0.1, 0.15) is 22.4 Å². The monoisotopic (exact) mass is 266 g/mol. The van der Waals surface area contributed by atoms with Crippen LogP contribution in [-0.2, 0) is 6.42 Å². The third-order valence-corrected chi connectivity index (χ3v) is 2.64. The highest BCUT2D eigenvalue weighted by molar-refractivity contribution is 8.93. The molecule has 3 heteroatoms. The Morgan fingerprint density at radius 2 is 2.07 bits per heavy atom. The molecule has 0 radical (unpaired) electrons. The average molecular weight is 267 g/mol. The zero-order valence-corrected chi connectivity index (χ0v) is 10.7. The molecule has 1 aromatic carbocycles. The smallest absolute Gasteiger partial charge is 0.0923 e. The predicted octanol–water partition coefficient (Wildman–Crippen LogP) is 3.20. The van der Waals surface area contributed by atoms with Crippen molar-refractivity contribution >= 4 is 17.0 Å². The van der Waals surface area contributed by atoms with Crippen LogP contribution in [0.4, 0.5) is 0 Å². The Kier molecular flexibility index (Phi) is 4.09. The highest BCUT2D eigenvalue weighted by atomic mass is 79.9. The topological polar surface area (TPSA) is 28.7 Å². The van der Waals surface area contributed by atoms with Crippen LogP contribution in [0.5, 0.6) is 0 Å². The van der Waals surface area contributed by atoms with Crippen LogP contribution in [0.25, 0.3) is 0 Å². The van der Waals surface area contributed by atoms with E-state index in [2.05, 4.69) is 42.0 Å². The summed E-state index contributed by atoms with van der Waals surface area (Å²) in [5.41, 5.74) is 5.17. The van der Waals surface area contributed by atoms with E-state index in [1.807, 2.05) is 6.20 Å². The summed E-state index contributed by atoms with van der Waals surface area (Å²) in [4.78, 5) is 7.20. The Balaban J connectivity index is 0.00000112. The number of hydrogen-bond acceptors (Lipinski definition) is 1. The van der Waals surface area contributed by atoms with E-state index in [0.29, 0.717) is 0 Å².